The molecule has 8 amide bonds. The van der Waals surface area contributed by atoms with Crippen LogP contribution in [0.15, 0.2) is 30.3 Å². The summed E-state index contributed by atoms with van der Waals surface area (Å²) in [5.41, 5.74) is 0.721. The number of ether oxygens (including phenoxy) is 9. The second kappa shape index (κ2) is 47.7. The molecule has 0 aromatic heterocycles. The molecule has 1 aromatic carbocycles. The Bertz CT molecular complexity index is 2800. The first-order chi connectivity index (χ1) is 50.5. The van der Waals surface area contributed by atoms with E-state index in [0.29, 0.717) is 32.1 Å². The predicted octanol–water partition coefficient (Wildman–Crippen LogP) is -7.63. The molecule has 4 heterocycles. The lowest BCUT2D eigenvalue weighted by Gasteiger charge is -2.40. The fraction of sp³-hybridized carbons (Fsp3) is 0.791. The topological polar surface area (TPSA) is 574 Å². The largest absolute Gasteiger partial charge is 0.445 e. The molecule has 0 aliphatic carbocycles. The number of hydrogen-bond donors (Lipinski definition) is 21. The minimum absolute atomic E-state index is 0.0344. The number of aliphatic hydroxyl groups is 12. The molecule has 4 saturated heterocycles. The maximum Gasteiger partial charge on any atom is 0.409 e. The third-order valence-corrected chi connectivity index (χ3v) is 18.0. The molecule has 0 bridgehead atoms. The molecule has 1 aromatic rings. The summed E-state index contributed by atoms with van der Waals surface area (Å²) < 4.78 is 49.9. The summed E-state index contributed by atoms with van der Waals surface area (Å²) in [6.45, 7) is 5.32. The van der Waals surface area contributed by atoms with Gasteiger partial charge in [-0.25, -0.2) is 4.79 Å². The van der Waals surface area contributed by atoms with Crippen LogP contribution in [0.4, 0.5) is 4.79 Å². The summed E-state index contributed by atoms with van der Waals surface area (Å²) in [6.07, 6.45) is -27.5. The average molecular weight is 1520 g/mol. The molecule has 0 spiro atoms. The van der Waals surface area contributed by atoms with Crippen LogP contribution in [0, 0.1) is 0 Å². The highest BCUT2D eigenvalue weighted by atomic mass is 16.7. The van der Waals surface area contributed by atoms with Crippen molar-refractivity contribution < 1.29 is 142 Å². The van der Waals surface area contributed by atoms with Gasteiger partial charge in [0.15, 0.2) is 25.2 Å². The number of nitrogens with one attached hydrogen (secondary N) is 9. The summed E-state index contributed by atoms with van der Waals surface area (Å²) >= 11 is 0. The van der Waals surface area contributed by atoms with Crippen LogP contribution in [0.1, 0.15) is 111 Å². The molecule has 106 heavy (non-hydrogen) atoms. The minimum atomic E-state index is -1.67. The molecule has 2 unspecified atom stereocenters. The van der Waals surface area contributed by atoms with Crippen LogP contribution < -0.4 is 47.9 Å². The van der Waals surface area contributed by atoms with Crippen LogP contribution >= 0.6 is 0 Å². The predicted molar refractivity (Wildman–Crippen MR) is 367 cm³/mol. The van der Waals surface area contributed by atoms with Gasteiger partial charge in [0.25, 0.3) is 0 Å². The number of carbonyl (C=O) groups excluding carboxylic acids is 8. The van der Waals surface area contributed by atoms with Gasteiger partial charge in [-0.3, -0.25) is 49.1 Å². The first-order valence-corrected chi connectivity index (χ1v) is 36.1. The lowest BCUT2D eigenvalue weighted by molar-refractivity contribution is -0.306. The molecule has 0 saturated carbocycles. The van der Waals surface area contributed by atoms with Crippen LogP contribution in [0.5, 0.6) is 0 Å². The maximum absolute atomic E-state index is 14.7. The van der Waals surface area contributed by atoms with Crippen molar-refractivity contribution in [1.29, 1.82) is 0 Å². The van der Waals surface area contributed by atoms with Crippen molar-refractivity contribution in [1.82, 2.24) is 52.8 Å². The Balaban J connectivity index is 1.18. The van der Waals surface area contributed by atoms with E-state index in [1.807, 2.05) is 0 Å². The molecule has 39 heteroatoms. The zero-order chi connectivity index (χ0) is 78.0. The van der Waals surface area contributed by atoms with Gasteiger partial charge in [-0.05, 0) is 91.5 Å². The molecule has 4 aliphatic heterocycles. The zero-order valence-corrected chi connectivity index (χ0v) is 60.6. The summed E-state index contributed by atoms with van der Waals surface area (Å²) in [6, 6.07) is 5.96. The molecular formula is C67H114N10O29. The zero-order valence-electron chi connectivity index (χ0n) is 60.6. The Morgan fingerprint density at radius 1 is 0.434 bits per heavy atom. The summed E-state index contributed by atoms with van der Waals surface area (Å²) in [4.78, 5) is 110. The van der Waals surface area contributed by atoms with Gasteiger partial charge in [0.2, 0.25) is 41.4 Å². The smallest absolute Gasteiger partial charge is 0.409 e. The van der Waals surface area contributed by atoms with Gasteiger partial charge in [-0.15, -0.1) is 0 Å². The Morgan fingerprint density at radius 2 is 0.849 bits per heavy atom. The van der Waals surface area contributed by atoms with E-state index in [0.717, 1.165) is 5.56 Å². The van der Waals surface area contributed by atoms with Crippen molar-refractivity contribution in [2.75, 3.05) is 85.3 Å². The normalized spacial score (nSPS) is 29.7. The Hall–Kier alpha value is -6.10. The lowest BCUT2D eigenvalue weighted by Crippen LogP contribution is -2.60. The molecule has 21 N–H and O–H groups in total. The van der Waals surface area contributed by atoms with E-state index in [9.17, 15) is 99.6 Å². The van der Waals surface area contributed by atoms with E-state index in [1.165, 1.54) is 32.6 Å². The molecule has 0 radical (unpaired) electrons. The van der Waals surface area contributed by atoms with Gasteiger partial charge in [0.05, 0.1) is 82.4 Å². The fourth-order valence-corrected chi connectivity index (χ4v) is 11.7. The van der Waals surface area contributed by atoms with Crippen molar-refractivity contribution >= 4 is 47.4 Å². The Labute approximate surface area is 614 Å². The van der Waals surface area contributed by atoms with E-state index in [4.69, 9.17) is 42.6 Å². The fourth-order valence-electron chi connectivity index (χ4n) is 11.7. The van der Waals surface area contributed by atoms with Gasteiger partial charge < -0.3 is 141 Å². The minimum Gasteiger partial charge on any atom is -0.445 e. The van der Waals surface area contributed by atoms with Crippen LogP contribution in [0.3, 0.4) is 0 Å². The highest BCUT2D eigenvalue weighted by molar-refractivity contribution is 5.91. The Kier molecular flexibility index (Phi) is 40.8. The van der Waals surface area contributed by atoms with Crippen molar-refractivity contribution in [2.45, 2.75) is 253 Å². The second-order valence-corrected chi connectivity index (χ2v) is 26.4. The first kappa shape index (κ1) is 90.5. The number of amides is 8. The number of alkyl carbamates (subject to hydrolysis) is 1. The molecule has 5 rings (SSSR count). The van der Waals surface area contributed by atoms with Gasteiger partial charge >= 0.3 is 6.09 Å². The van der Waals surface area contributed by atoms with Crippen LogP contribution in [-0.2, 0) is 82.8 Å². The van der Waals surface area contributed by atoms with Gasteiger partial charge in [0.1, 0.15) is 86.1 Å². The third-order valence-electron chi connectivity index (χ3n) is 18.0. The highest BCUT2D eigenvalue weighted by Crippen LogP contribution is 2.27. The van der Waals surface area contributed by atoms with E-state index < -0.39 is 196 Å². The molecule has 4 fully saturated rings. The molecule has 4 aliphatic rings. The monoisotopic (exact) mass is 1520 g/mol. The van der Waals surface area contributed by atoms with Crippen molar-refractivity contribution in [3.8, 4) is 0 Å². The quantitative estimate of drug-likeness (QED) is 0.0213. The standard InChI is InChI=1S/C67H114N10O29/c1-6-69-62(96)42(31-44(79)70-22-14-8-11-20-43(78)73-25-28-98-63-57(91)53(87)49(83)36(2)102-63)77(34-47(82)74-26-29-99-64-58(92)54(88)50(84)37(3)103-64)41(61(95)75-27-30-100-65-59(93)55(89)51(85)38(4)104-65)19-12-15-23-71-45(80)32-68-33-46(81)72-24-16-13-21-48(76-67(97)101-35-40-17-9-7-10-18-40)106-66-60(94)56(90)52(86)39(5)105-66/h7,9-10,17-18,36-39,41-42,48-60,63-66,68,83-94H,6,8,11-16,19-35H2,1-5H3,(H,69,96)(H,70,79)(H,71,80)(H,72,81)(H,73,78)(H,74,82)(H,75,95)(H,76,97)/t36-,37-,38-,39-,41?,42-,48?,49+,50+,51+,52+,53+,54+,55+,56+,57-,58-,59-,60-,63+,64+,65+,66-/m0/s1. The average Bonchev–Trinajstić information content (AvgIpc) is 0.850. The first-order valence-electron chi connectivity index (χ1n) is 36.1. The van der Waals surface area contributed by atoms with Crippen molar-refractivity contribution in [3.63, 3.8) is 0 Å². The number of rotatable bonds is 46. The summed E-state index contributed by atoms with van der Waals surface area (Å²) in [5, 5.41) is 148. The number of carbonyl (C=O) groups is 8. The molecule has 23 atom stereocenters. The third kappa shape index (κ3) is 30.4. The highest BCUT2D eigenvalue weighted by Gasteiger charge is 2.47. The number of aliphatic hydroxyl groups excluding tert-OH is 12. The number of nitrogens with zero attached hydrogens (tertiary/aromatic N) is 1. The van der Waals surface area contributed by atoms with Gasteiger partial charge in [-0.2, -0.15) is 0 Å². The second-order valence-electron chi connectivity index (χ2n) is 26.4. The van der Waals surface area contributed by atoms with E-state index in [2.05, 4.69) is 47.9 Å². The number of likely N-dealkylation sites (N-methyl/N-ethyl adjacent to an activating group) is 1. The van der Waals surface area contributed by atoms with E-state index >= 15 is 0 Å². The van der Waals surface area contributed by atoms with Crippen molar-refractivity contribution in [2.24, 2.45) is 0 Å². The van der Waals surface area contributed by atoms with Gasteiger partial charge in [0, 0.05) is 52.2 Å². The molecule has 39 nitrogen and oxygen atoms in total. The Morgan fingerprint density at radius 3 is 1.34 bits per heavy atom. The lowest BCUT2D eigenvalue weighted by atomic mass is 10.00. The maximum atomic E-state index is 14.7. The van der Waals surface area contributed by atoms with E-state index in [1.54, 1.807) is 37.3 Å². The SMILES string of the molecule is CCNC(=O)[C@H](CC(=O)NCCCCCC(=O)NCCO[C@@H]1O[C@@H](C)[C@@H](O)[C@@H](O)[C@@H]1O)N(CC(=O)NCCO[C@@H]1O[C@@H](C)[C@@H](O)[C@@H](O)[C@@H]1O)C(CCCCNC(=O)CNCC(=O)NCCCCC(NC(=O)OCc1ccccc1)O[C@@H]1O[C@@H](C)[C@@H](O)[C@@H](O)[C@@H]1O)C(=O)NCCO[C@@H]1O[C@@H](C)[C@@H](O)[C@@H](O)[C@@H]1O. The number of hydrogen-bond acceptors (Lipinski definition) is 31. The summed E-state index contributed by atoms with van der Waals surface area (Å²) in [5.74, 6) is -4.24. The van der Waals surface area contributed by atoms with Crippen LogP contribution in [0.2, 0.25) is 0 Å². The van der Waals surface area contributed by atoms with Crippen LogP contribution in [-0.4, -0.2) is 340 Å². The summed E-state index contributed by atoms with van der Waals surface area (Å²) in [7, 11) is 0. The molecular weight excluding hydrogens is 1410 g/mol. The van der Waals surface area contributed by atoms with Crippen LogP contribution in [0.25, 0.3) is 0 Å². The number of benzene rings is 1. The van der Waals surface area contributed by atoms with Crippen molar-refractivity contribution in [3.05, 3.63) is 35.9 Å². The number of unbranched alkanes of at least 4 members (excludes halogenated alkanes) is 4. The van der Waals surface area contributed by atoms with Gasteiger partial charge in [-0.1, -0.05) is 36.8 Å². The van der Waals surface area contributed by atoms with E-state index in [-0.39, 0.29) is 123 Å². The molecule has 606 valence electrons.